The molecule has 0 saturated carbocycles. The van der Waals surface area contributed by atoms with Gasteiger partial charge < -0.3 is 4.90 Å². The Bertz CT molecular complexity index is 657. The Morgan fingerprint density at radius 3 is 2.91 bits per heavy atom. The molecule has 4 atom stereocenters. The van der Waals surface area contributed by atoms with E-state index in [9.17, 15) is 10.0 Å². The largest absolute Gasteiger partial charge is 0.358 e. The van der Waals surface area contributed by atoms with E-state index in [1.54, 1.807) is 7.05 Å². The first-order chi connectivity index (χ1) is 10.3. The molecule has 2 unspecified atom stereocenters. The lowest BCUT2D eigenvalue weighted by Crippen LogP contribution is -2.44. The fourth-order valence-electron chi connectivity index (χ4n) is 4.61. The molecule has 3 heterocycles. The van der Waals surface area contributed by atoms with Crippen LogP contribution in [0.15, 0.2) is 18.2 Å². The maximum Gasteiger partial charge on any atom is 0.353 e. The smallest absolute Gasteiger partial charge is 0.353 e. The maximum absolute atomic E-state index is 12.4. The number of hydrogen-bond acceptors (Lipinski definition) is 4. The summed E-state index contributed by atoms with van der Waals surface area (Å²) in [5.41, 5.74) is 3.77. The fraction of sp³-hybridized carbons (Fsp3) is 0.588. The lowest BCUT2D eigenvalue weighted by Gasteiger charge is -2.27. The van der Waals surface area contributed by atoms with Gasteiger partial charge in [-0.05, 0) is 30.2 Å². The summed E-state index contributed by atoms with van der Waals surface area (Å²) < 4.78 is -0.483. The zero-order valence-electron chi connectivity index (χ0n) is 13.5. The van der Waals surface area contributed by atoms with Gasteiger partial charge in [0.2, 0.25) is 0 Å². The fourth-order valence-corrected chi connectivity index (χ4v) is 4.61. The van der Waals surface area contributed by atoms with E-state index in [4.69, 9.17) is 0 Å². The van der Waals surface area contributed by atoms with Gasteiger partial charge in [-0.1, -0.05) is 19.1 Å². The zero-order valence-corrected chi connectivity index (χ0v) is 13.5. The number of likely N-dealkylation sites (N-methyl/N-ethyl adjacent to an activating group) is 2. The van der Waals surface area contributed by atoms with E-state index in [1.807, 2.05) is 0 Å². The number of fused-ring (bicyclic) bond motifs is 3. The normalized spacial score (nSPS) is 40.2. The van der Waals surface area contributed by atoms with Gasteiger partial charge in [0.1, 0.15) is 19.5 Å². The zero-order chi connectivity index (χ0) is 15.7. The molecule has 0 aliphatic carbocycles. The molecule has 118 valence electrons. The Kier molecular flexibility index (Phi) is 2.78. The van der Waals surface area contributed by atoms with Crippen molar-refractivity contribution in [2.45, 2.75) is 37.3 Å². The van der Waals surface area contributed by atoms with Crippen LogP contribution in [0.5, 0.6) is 0 Å². The van der Waals surface area contributed by atoms with Crippen LogP contribution in [0, 0.1) is 0 Å². The van der Waals surface area contributed by atoms with Crippen LogP contribution in [0.25, 0.3) is 0 Å². The number of quaternary nitrogens is 1. The quantitative estimate of drug-likeness (QED) is 0.611. The SMILES string of the molecule is CN1c2ccc(C3CC[N@@+](C)(O)C3=O)cc2[C@]2(C)CCNC12. The van der Waals surface area contributed by atoms with Gasteiger partial charge >= 0.3 is 5.91 Å². The second-order valence-corrected chi connectivity index (χ2v) is 7.45. The first-order valence-corrected chi connectivity index (χ1v) is 8.08. The molecular weight excluding hydrogens is 278 g/mol. The molecule has 2 fully saturated rings. The summed E-state index contributed by atoms with van der Waals surface area (Å²) >= 11 is 0. The molecule has 5 heteroatoms. The van der Waals surface area contributed by atoms with Gasteiger partial charge in [-0.3, -0.25) is 5.32 Å². The number of amides is 1. The number of rotatable bonds is 1. The van der Waals surface area contributed by atoms with Crippen molar-refractivity contribution in [3.8, 4) is 0 Å². The highest BCUT2D eigenvalue weighted by Crippen LogP contribution is 2.49. The van der Waals surface area contributed by atoms with Gasteiger partial charge in [-0.2, -0.15) is 0 Å². The highest BCUT2D eigenvalue weighted by molar-refractivity contribution is 5.79. The summed E-state index contributed by atoms with van der Waals surface area (Å²) in [6.45, 7) is 3.84. The first kappa shape index (κ1) is 14.2. The van der Waals surface area contributed by atoms with Crippen LogP contribution in [0.4, 0.5) is 5.69 Å². The van der Waals surface area contributed by atoms with E-state index < -0.39 is 4.65 Å². The maximum atomic E-state index is 12.4. The Balaban J connectivity index is 1.76. The number of anilines is 1. The van der Waals surface area contributed by atoms with Gasteiger partial charge in [0.05, 0.1) is 6.17 Å². The molecule has 22 heavy (non-hydrogen) atoms. The Hall–Kier alpha value is -1.43. The highest BCUT2D eigenvalue weighted by atomic mass is 16.6. The average molecular weight is 302 g/mol. The number of carbonyl (C=O) groups excluding carboxylic acids is 1. The van der Waals surface area contributed by atoms with Crippen LogP contribution in [0.1, 0.15) is 36.8 Å². The highest BCUT2D eigenvalue weighted by Gasteiger charge is 2.51. The van der Waals surface area contributed by atoms with Crippen LogP contribution in [0.3, 0.4) is 0 Å². The average Bonchev–Trinajstić information content (AvgIpc) is 3.05. The van der Waals surface area contributed by atoms with Gasteiger partial charge in [-0.25, -0.2) is 10.0 Å². The predicted molar refractivity (Wildman–Crippen MR) is 83.8 cm³/mol. The first-order valence-electron chi connectivity index (χ1n) is 8.08. The Morgan fingerprint density at radius 1 is 1.45 bits per heavy atom. The molecule has 2 N–H and O–H groups in total. The van der Waals surface area contributed by atoms with Crippen molar-refractivity contribution >= 4 is 11.6 Å². The monoisotopic (exact) mass is 302 g/mol. The van der Waals surface area contributed by atoms with Crippen molar-refractivity contribution in [3.05, 3.63) is 29.3 Å². The number of nitrogens with zero attached hydrogens (tertiary/aromatic N) is 2. The minimum atomic E-state index is -0.483. The van der Waals surface area contributed by atoms with Crippen molar-refractivity contribution in [1.29, 1.82) is 0 Å². The van der Waals surface area contributed by atoms with Crippen LogP contribution in [-0.2, 0) is 10.2 Å². The van der Waals surface area contributed by atoms with Crippen molar-refractivity contribution in [2.75, 3.05) is 32.1 Å². The van der Waals surface area contributed by atoms with Gasteiger partial charge in [0.25, 0.3) is 0 Å². The third kappa shape index (κ3) is 1.67. The van der Waals surface area contributed by atoms with Crippen molar-refractivity contribution in [3.63, 3.8) is 0 Å². The molecule has 3 aliphatic heterocycles. The minimum Gasteiger partial charge on any atom is -0.358 e. The summed E-state index contributed by atoms with van der Waals surface area (Å²) in [4.78, 5) is 14.7. The topological polar surface area (TPSA) is 52.6 Å². The van der Waals surface area contributed by atoms with Crippen molar-refractivity contribution in [2.24, 2.45) is 0 Å². The van der Waals surface area contributed by atoms with E-state index in [-0.39, 0.29) is 17.2 Å². The van der Waals surface area contributed by atoms with Gasteiger partial charge in [0.15, 0.2) is 0 Å². The summed E-state index contributed by atoms with van der Waals surface area (Å²) in [7, 11) is 3.72. The number of likely N-dealkylation sites (tertiary alicyclic amines) is 1. The lowest BCUT2D eigenvalue weighted by molar-refractivity contribution is -1.02. The summed E-state index contributed by atoms with van der Waals surface area (Å²) in [5.74, 6) is -0.264. The standard InChI is InChI=1S/C17H24N3O2/c1-17-7-8-18-16(17)19(2)14-5-4-11(10-13(14)17)12-6-9-20(3,22)15(12)21/h4-5,10,12,16,18,22H,6-9H2,1-3H3/q+1/t12?,16?,17-,20+/m0/s1. The molecule has 0 radical (unpaired) electrons. The lowest BCUT2D eigenvalue weighted by atomic mass is 9.80. The molecule has 3 aliphatic rings. The molecule has 0 bridgehead atoms. The molecule has 1 amide bonds. The summed E-state index contributed by atoms with van der Waals surface area (Å²) in [5, 5.41) is 13.7. The van der Waals surface area contributed by atoms with Crippen LogP contribution in [0.2, 0.25) is 0 Å². The van der Waals surface area contributed by atoms with E-state index in [1.165, 1.54) is 11.3 Å². The molecular formula is C17H24N3O2+. The second-order valence-electron chi connectivity index (χ2n) is 7.45. The number of nitrogens with one attached hydrogen (secondary N) is 1. The predicted octanol–water partition coefficient (Wildman–Crippen LogP) is 1.56. The number of hydrogen-bond donors (Lipinski definition) is 2. The third-order valence-electron chi connectivity index (χ3n) is 6.02. The van der Waals surface area contributed by atoms with Crippen LogP contribution < -0.4 is 10.2 Å². The number of benzene rings is 1. The van der Waals surface area contributed by atoms with E-state index in [0.29, 0.717) is 12.7 Å². The van der Waals surface area contributed by atoms with Gasteiger partial charge in [-0.15, -0.1) is 4.65 Å². The summed E-state index contributed by atoms with van der Waals surface area (Å²) in [6, 6.07) is 6.42. The number of carbonyl (C=O) groups is 1. The molecule has 0 aromatic heterocycles. The van der Waals surface area contributed by atoms with E-state index in [2.05, 4.69) is 42.4 Å². The molecule has 5 nitrogen and oxygen atoms in total. The van der Waals surface area contributed by atoms with E-state index >= 15 is 0 Å². The number of hydroxylamine groups is 3. The van der Waals surface area contributed by atoms with Crippen molar-refractivity contribution < 1.29 is 14.6 Å². The molecule has 4 rings (SSSR count). The molecule has 2 saturated heterocycles. The van der Waals surface area contributed by atoms with E-state index in [0.717, 1.165) is 24.9 Å². The minimum absolute atomic E-state index is 0.0856. The second kappa shape index (κ2) is 4.31. The molecule has 1 aromatic carbocycles. The van der Waals surface area contributed by atoms with Gasteiger partial charge in [0, 0.05) is 24.6 Å². The Labute approximate surface area is 131 Å². The van der Waals surface area contributed by atoms with Crippen LogP contribution >= 0.6 is 0 Å². The third-order valence-corrected chi connectivity index (χ3v) is 6.02. The molecule has 0 spiro atoms. The van der Waals surface area contributed by atoms with Crippen molar-refractivity contribution in [1.82, 2.24) is 5.32 Å². The summed E-state index contributed by atoms with van der Waals surface area (Å²) in [6.07, 6.45) is 2.18. The van der Waals surface area contributed by atoms with Crippen LogP contribution in [-0.4, -0.2) is 49.1 Å². The molecule has 1 aromatic rings. The Morgan fingerprint density at radius 2 is 2.23 bits per heavy atom.